The number of rotatable bonds is 5. The lowest BCUT2D eigenvalue weighted by atomic mass is 10.3. The number of nitrogens with one attached hydrogen (secondary N) is 1. The van der Waals surface area contributed by atoms with Gasteiger partial charge in [0.15, 0.2) is 0 Å². The van der Waals surface area contributed by atoms with Gasteiger partial charge in [0.05, 0.1) is 0 Å². The summed E-state index contributed by atoms with van der Waals surface area (Å²) >= 11 is 0. The molecule has 0 fully saturated rings. The molecule has 0 atom stereocenters. The molecular formula is C23H21NSi. The van der Waals surface area contributed by atoms with Crippen molar-refractivity contribution >= 4 is 24.3 Å². The molecule has 0 radical (unpaired) electrons. The summed E-state index contributed by atoms with van der Waals surface area (Å²) in [6.45, 7) is 0. The lowest BCUT2D eigenvalue weighted by molar-refractivity contribution is 1.32. The molecule has 1 nitrogen and oxygen atoms in total. The highest BCUT2D eigenvalue weighted by Gasteiger charge is 2.44. The normalized spacial score (nSPS) is 13.9. The summed E-state index contributed by atoms with van der Waals surface area (Å²) in [5.74, 6) is 0. The van der Waals surface area contributed by atoms with Crippen LogP contribution in [0.25, 0.3) is 0 Å². The SMILES string of the molecule is C1=CC([Si](Nc2ccccc2)(c2ccccc2)c2ccccc2)C=C1. The second-order valence-corrected chi connectivity index (χ2v) is 10.0. The average Bonchev–Trinajstić information content (AvgIpc) is 3.23. The summed E-state index contributed by atoms with van der Waals surface area (Å²) < 4.78 is 0. The highest BCUT2D eigenvalue weighted by molar-refractivity contribution is 7.06. The van der Waals surface area contributed by atoms with E-state index in [9.17, 15) is 0 Å². The monoisotopic (exact) mass is 339 g/mol. The van der Waals surface area contributed by atoms with Crippen LogP contribution in [0.2, 0.25) is 5.54 Å². The molecule has 0 bridgehead atoms. The van der Waals surface area contributed by atoms with Gasteiger partial charge in [0.25, 0.3) is 0 Å². The van der Waals surface area contributed by atoms with E-state index in [4.69, 9.17) is 0 Å². The summed E-state index contributed by atoms with van der Waals surface area (Å²) in [5.41, 5.74) is 1.55. The Kier molecular flexibility index (Phi) is 4.36. The first-order valence-electron chi connectivity index (χ1n) is 8.69. The number of para-hydroxylation sites is 1. The van der Waals surface area contributed by atoms with Crippen molar-refractivity contribution in [1.82, 2.24) is 0 Å². The van der Waals surface area contributed by atoms with E-state index in [-0.39, 0.29) is 0 Å². The summed E-state index contributed by atoms with van der Waals surface area (Å²) in [6.07, 6.45) is 9.01. The van der Waals surface area contributed by atoms with E-state index < -0.39 is 8.24 Å². The van der Waals surface area contributed by atoms with Gasteiger partial charge in [-0.1, -0.05) is 103 Å². The van der Waals surface area contributed by atoms with Crippen molar-refractivity contribution in [3.8, 4) is 0 Å². The number of benzene rings is 3. The molecule has 0 aromatic heterocycles. The average molecular weight is 340 g/mol. The lowest BCUT2D eigenvalue weighted by Crippen LogP contribution is -2.67. The van der Waals surface area contributed by atoms with Crippen molar-refractivity contribution < 1.29 is 0 Å². The first-order valence-corrected chi connectivity index (χ1v) is 10.8. The second-order valence-electron chi connectivity index (χ2n) is 6.33. The number of hydrogen-bond acceptors (Lipinski definition) is 1. The van der Waals surface area contributed by atoms with E-state index in [1.165, 1.54) is 16.1 Å². The topological polar surface area (TPSA) is 12.0 Å². The van der Waals surface area contributed by atoms with Crippen molar-refractivity contribution in [3.05, 3.63) is 115 Å². The highest BCUT2D eigenvalue weighted by Crippen LogP contribution is 2.30. The minimum atomic E-state index is -2.28. The molecule has 0 saturated heterocycles. The molecule has 3 aromatic rings. The van der Waals surface area contributed by atoms with Gasteiger partial charge >= 0.3 is 0 Å². The molecule has 0 heterocycles. The minimum Gasteiger partial charge on any atom is -0.403 e. The molecule has 0 spiro atoms. The molecule has 1 aliphatic carbocycles. The van der Waals surface area contributed by atoms with E-state index in [0.29, 0.717) is 5.54 Å². The van der Waals surface area contributed by atoms with Crippen LogP contribution in [0.5, 0.6) is 0 Å². The van der Waals surface area contributed by atoms with Crippen LogP contribution >= 0.6 is 0 Å². The molecule has 2 heteroatoms. The molecule has 25 heavy (non-hydrogen) atoms. The Morgan fingerprint density at radius 3 is 1.48 bits per heavy atom. The van der Waals surface area contributed by atoms with Crippen LogP contribution in [-0.4, -0.2) is 8.24 Å². The maximum atomic E-state index is 4.00. The first kappa shape index (κ1) is 15.7. The molecule has 3 aromatic carbocycles. The van der Waals surface area contributed by atoms with Crippen LogP contribution in [0.1, 0.15) is 0 Å². The lowest BCUT2D eigenvalue weighted by Gasteiger charge is -2.38. The molecule has 0 unspecified atom stereocenters. The van der Waals surface area contributed by atoms with Crippen LogP contribution in [-0.2, 0) is 0 Å². The summed E-state index contributed by atoms with van der Waals surface area (Å²) in [6, 6.07) is 32.5. The summed E-state index contributed by atoms with van der Waals surface area (Å²) in [5, 5.41) is 2.79. The molecule has 4 rings (SSSR count). The zero-order valence-corrected chi connectivity index (χ0v) is 15.0. The maximum absolute atomic E-state index is 4.00. The molecule has 122 valence electrons. The van der Waals surface area contributed by atoms with Crippen LogP contribution < -0.4 is 15.4 Å². The minimum absolute atomic E-state index is 0.373. The van der Waals surface area contributed by atoms with Crippen LogP contribution in [0.3, 0.4) is 0 Å². The van der Waals surface area contributed by atoms with Crippen molar-refractivity contribution in [2.75, 3.05) is 4.98 Å². The standard InChI is InChI=1S/C23H21NSi/c1-4-12-20(13-5-1)24-25(23-18-10-11-19-23,21-14-6-2-7-15-21)22-16-8-3-9-17-22/h1-19,23-24H. The van der Waals surface area contributed by atoms with E-state index in [2.05, 4.69) is 120 Å². The Balaban J connectivity index is 1.94. The second kappa shape index (κ2) is 6.95. The third-order valence-corrected chi connectivity index (χ3v) is 9.38. The summed E-state index contributed by atoms with van der Waals surface area (Å²) in [7, 11) is -2.28. The van der Waals surface area contributed by atoms with E-state index in [0.717, 1.165) is 0 Å². The summed E-state index contributed by atoms with van der Waals surface area (Å²) in [4.78, 5) is 4.00. The van der Waals surface area contributed by atoms with Gasteiger partial charge in [-0.15, -0.1) is 0 Å². The Morgan fingerprint density at radius 1 is 0.560 bits per heavy atom. The fourth-order valence-corrected chi connectivity index (χ4v) is 8.07. The zero-order valence-electron chi connectivity index (χ0n) is 14.0. The molecular weight excluding hydrogens is 318 g/mol. The van der Waals surface area contributed by atoms with Gasteiger partial charge in [0.1, 0.15) is 0 Å². The molecule has 0 saturated carbocycles. The van der Waals surface area contributed by atoms with Crippen LogP contribution in [0.4, 0.5) is 5.69 Å². The molecule has 0 amide bonds. The van der Waals surface area contributed by atoms with E-state index >= 15 is 0 Å². The maximum Gasteiger partial charge on any atom is 0.228 e. The third-order valence-electron chi connectivity index (χ3n) is 4.82. The Morgan fingerprint density at radius 2 is 1.00 bits per heavy atom. The van der Waals surface area contributed by atoms with E-state index in [1.807, 2.05) is 0 Å². The molecule has 1 aliphatic rings. The van der Waals surface area contributed by atoms with Gasteiger partial charge in [-0.25, -0.2) is 0 Å². The zero-order chi connectivity index (χ0) is 17.0. The number of anilines is 1. The Bertz CT molecular complexity index is 818. The number of allylic oxidation sites excluding steroid dienone is 4. The first-order chi connectivity index (χ1) is 12.4. The smallest absolute Gasteiger partial charge is 0.228 e. The fraction of sp³-hybridized carbons (Fsp3) is 0.0435. The van der Waals surface area contributed by atoms with Gasteiger partial charge < -0.3 is 4.98 Å². The molecule has 1 N–H and O–H groups in total. The van der Waals surface area contributed by atoms with Crippen molar-refractivity contribution in [3.63, 3.8) is 0 Å². The highest BCUT2D eigenvalue weighted by atomic mass is 28.3. The van der Waals surface area contributed by atoms with Gasteiger partial charge in [0, 0.05) is 11.2 Å². The van der Waals surface area contributed by atoms with Gasteiger partial charge in [0.2, 0.25) is 8.24 Å². The quantitative estimate of drug-likeness (QED) is 0.681. The van der Waals surface area contributed by atoms with Gasteiger partial charge in [-0.2, -0.15) is 0 Å². The predicted octanol–water partition coefficient (Wildman–Crippen LogP) is 4.35. The Labute approximate surface area is 150 Å². The van der Waals surface area contributed by atoms with Gasteiger partial charge in [-0.05, 0) is 22.5 Å². The third kappa shape index (κ3) is 2.97. The van der Waals surface area contributed by atoms with Crippen molar-refractivity contribution in [1.29, 1.82) is 0 Å². The van der Waals surface area contributed by atoms with E-state index in [1.54, 1.807) is 0 Å². The van der Waals surface area contributed by atoms with Crippen LogP contribution in [0, 0.1) is 0 Å². The molecule has 0 aliphatic heterocycles. The van der Waals surface area contributed by atoms with Gasteiger partial charge in [-0.3, -0.25) is 0 Å². The fourth-order valence-electron chi connectivity index (χ4n) is 3.65. The van der Waals surface area contributed by atoms with Crippen LogP contribution in [0.15, 0.2) is 115 Å². The van der Waals surface area contributed by atoms with Crippen molar-refractivity contribution in [2.45, 2.75) is 5.54 Å². The van der Waals surface area contributed by atoms with Crippen molar-refractivity contribution in [2.24, 2.45) is 0 Å². The Hall–Kier alpha value is -2.84. The number of hydrogen-bond donors (Lipinski definition) is 1. The predicted molar refractivity (Wildman–Crippen MR) is 110 cm³/mol. The largest absolute Gasteiger partial charge is 0.403 e.